The number of rotatable bonds is 3. The maximum atomic E-state index is 12.1. The van der Waals surface area contributed by atoms with E-state index >= 15 is 0 Å². The number of benzene rings is 1. The molecule has 21 heavy (non-hydrogen) atoms. The van der Waals surface area contributed by atoms with Gasteiger partial charge in [0.15, 0.2) is 0 Å². The molecule has 0 saturated carbocycles. The molecule has 0 unspecified atom stereocenters. The van der Waals surface area contributed by atoms with Crippen molar-refractivity contribution in [2.45, 2.75) is 0 Å². The smallest absolute Gasteiger partial charge is 0.340 e. The summed E-state index contributed by atoms with van der Waals surface area (Å²) in [6.45, 7) is 0. The lowest BCUT2D eigenvalue weighted by atomic mass is 10.1. The molecule has 0 bridgehead atoms. The zero-order valence-electron chi connectivity index (χ0n) is 10.9. The van der Waals surface area contributed by atoms with Gasteiger partial charge in [-0.05, 0) is 30.3 Å². The molecule has 0 fully saturated rings. The Morgan fingerprint density at radius 2 is 2.05 bits per heavy atom. The lowest BCUT2D eigenvalue weighted by molar-refractivity contribution is 0.0602. The molecule has 1 aromatic carbocycles. The van der Waals surface area contributed by atoms with Crippen LogP contribution in [0.4, 0.5) is 5.69 Å². The van der Waals surface area contributed by atoms with Crippen LogP contribution in [0.15, 0.2) is 41.0 Å². The minimum absolute atomic E-state index is 0.252. The minimum Gasteiger partial charge on any atom is -0.465 e. The highest BCUT2D eigenvalue weighted by atomic mass is 79.9. The minimum atomic E-state index is -0.541. The van der Waals surface area contributed by atoms with E-state index in [0.29, 0.717) is 20.9 Å². The number of hydrogen-bond donors (Lipinski definition) is 1. The van der Waals surface area contributed by atoms with Crippen molar-refractivity contribution in [2.24, 2.45) is 0 Å². The van der Waals surface area contributed by atoms with Crippen LogP contribution >= 0.6 is 27.5 Å². The average molecular weight is 370 g/mol. The van der Waals surface area contributed by atoms with Gasteiger partial charge in [0.05, 0.1) is 23.9 Å². The van der Waals surface area contributed by atoms with Crippen molar-refractivity contribution in [3.05, 3.63) is 57.3 Å². The van der Waals surface area contributed by atoms with E-state index in [0.717, 1.165) is 0 Å². The molecular weight excluding hydrogens is 360 g/mol. The first-order chi connectivity index (χ1) is 10.0. The topological polar surface area (TPSA) is 68.3 Å². The summed E-state index contributed by atoms with van der Waals surface area (Å²) in [6, 6.07) is 7.95. The van der Waals surface area contributed by atoms with Gasteiger partial charge < -0.3 is 10.1 Å². The number of esters is 1. The summed E-state index contributed by atoms with van der Waals surface area (Å²) in [5.41, 5.74) is 0.935. The zero-order valence-corrected chi connectivity index (χ0v) is 13.2. The molecule has 0 saturated heterocycles. The Morgan fingerprint density at radius 3 is 2.67 bits per heavy atom. The summed E-state index contributed by atoms with van der Waals surface area (Å²) in [5, 5.41) is 2.94. The summed E-state index contributed by atoms with van der Waals surface area (Å²) in [6.07, 6.45) is 1.36. The SMILES string of the molecule is COC(=O)c1cc(Br)ccc1NC(=O)c1ccc(Cl)nc1. The number of nitrogens with zero attached hydrogens (tertiary/aromatic N) is 1. The molecule has 2 rings (SSSR count). The Bertz CT molecular complexity index is 689. The lowest BCUT2D eigenvalue weighted by Crippen LogP contribution is -2.15. The van der Waals surface area contributed by atoms with Gasteiger partial charge in [-0.25, -0.2) is 9.78 Å². The standard InChI is InChI=1S/C14H10BrClN2O3/c1-21-14(20)10-6-9(15)3-4-11(10)18-13(19)8-2-5-12(16)17-7-8/h2-7H,1H3,(H,18,19). The molecule has 1 amide bonds. The normalized spacial score (nSPS) is 10.0. The van der Waals surface area contributed by atoms with Crippen LogP contribution in [0.25, 0.3) is 0 Å². The Hall–Kier alpha value is -1.92. The van der Waals surface area contributed by atoms with Crippen molar-refractivity contribution in [3.8, 4) is 0 Å². The van der Waals surface area contributed by atoms with Crippen LogP contribution in [0, 0.1) is 0 Å². The van der Waals surface area contributed by atoms with Gasteiger partial charge in [0.1, 0.15) is 5.15 Å². The molecule has 108 valence electrons. The Labute approximate surface area is 134 Å². The van der Waals surface area contributed by atoms with E-state index in [4.69, 9.17) is 16.3 Å². The number of anilines is 1. The second kappa shape index (κ2) is 6.69. The van der Waals surface area contributed by atoms with E-state index in [1.165, 1.54) is 19.4 Å². The zero-order chi connectivity index (χ0) is 15.4. The number of hydrogen-bond acceptors (Lipinski definition) is 4. The fourth-order valence-corrected chi connectivity index (χ4v) is 2.08. The molecular formula is C14H10BrClN2O3. The summed E-state index contributed by atoms with van der Waals surface area (Å²) >= 11 is 8.94. The number of aromatic nitrogens is 1. The van der Waals surface area contributed by atoms with E-state index in [2.05, 4.69) is 26.2 Å². The number of carbonyl (C=O) groups excluding carboxylic acids is 2. The van der Waals surface area contributed by atoms with Crippen LogP contribution in [0.1, 0.15) is 20.7 Å². The molecule has 0 aliphatic heterocycles. The molecule has 2 aromatic rings. The number of nitrogens with one attached hydrogen (secondary N) is 1. The first-order valence-corrected chi connectivity index (χ1v) is 6.99. The number of carbonyl (C=O) groups is 2. The number of amides is 1. The fourth-order valence-electron chi connectivity index (χ4n) is 1.61. The molecule has 0 aliphatic carbocycles. The fraction of sp³-hybridized carbons (Fsp3) is 0.0714. The first-order valence-electron chi connectivity index (χ1n) is 5.82. The maximum Gasteiger partial charge on any atom is 0.340 e. The van der Waals surface area contributed by atoms with Crippen molar-refractivity contribution < 1.29 is 14.3 Å². The predicted octanol–water partition coefficient (Wildman–Crippen LogP) is 3.54. The third-order valence-electron chi connectivity index (χ3n) is 2.62. The maximum absolute atomic E-state index is 12.1. The molecule has 1 N–H and O–H groups in total. The quantitative estimate of drug-likeness (QED) is 0.664. The summed E-state index contributed by atoms with van der Waals surface area (Å²) in [4.78, 5) is 27.7. The van der Waals surface area contributed by atoms with E-state index in [1.807, 2.05) is 0 Å². The molecule has 5 nitrogen and oxygen atoms in total. The van der Waals surface area contributed by atoms with E-state index < -0.39 is 11.9 Å². The average Bonchev–Trinajstić information content (AvgIpc) is 2.48. The van der Waals surface area contributed by atoms with Gasteiger partial charge in [-0.1, -0.05) is 27.5 Å². The second-order valence-corrected chi connectivity index (χ2v) is 5.31. The van der Waals surface area contributed by atoms with Crippen LogP contribution in [-0.2, 0) is 4.74 Å². The van der Waals surface area contributed by atoms with Gasteiger partial charge in [0, 0.05) is 10.7 Å². The summed E-state index contributed by atoms with van der Waals surface area (Å²) in [7, 11) is 1.28. The van der Waals surface area contributed by atoms with Gasteiger partial charge in [0.25, 0.3) is 5.91 Å². The number of pyridine rings is 1. The molecule has 7 heteroatoms. The molecule has 1 heterocycles. The number of methoxy groups -OCH3 is 1. The number of halogens is 2. The van der Waals surface area contributed by atoms with E-state index in [1.54, 1.807) is 24.3 Å². The third kappa shape index (κ3) is 3.80. The van der Waals surface area contributed by atoms with Crippen molar-refractivity contribution in [3.63, 3.8) is 0 Å². The summed E-state index contributed by atoms with van der Waals surface area (Å²) < 4.78 is 5.40. The Morgan fingerprint density at radius 1 is 1.29 bits per heavy atom. The molecule has 1 aromatic heterocycles. The number of ether oxygens (including phenoxy) is 1. The van der Waals surface area contributed by atoms with E-state index in [9.17, 15) is 9.59 Å². The van der Waals surface area contributed by atoms with Gasteiger partial charge >= 0.3 is 5.97 Å². The van der Waals surface area contributed by atoms with Gasteiger partial charge in [-0.15, -0.1) is 0 Å². The van der Waals surface area contributed by atoms with Crippen LogP contribution in [0.5, 0.6) is 0 Å². The van der Waals surface area contributed by atoms with Gasteiger partial charge in [-0.3, -0.25) is 4.79 Å². The van der Waals surface area contributed by atoms with Crippen molar-refractivity contribution >= 4 is 45.1 Å². The van der Waals surface area contributed by atoms with Crippen LogP contribution in [0.2, 0.25) is 5.15 Å². The van der Waals surface area contributed by atoms with Crippen LogP contribution in [-0.4, -0.2) is 24.0 Å². The van der Waals surface area contributed by atoms with Gasteiger partial charge in [0.2, 0.25) is 0 Å². The molecule has 0 aliphatic rings. The molecule has 0 atom stereocenters. The van der Waals surface area contributed by atoms with Crippen molar-refractivity contribution in [1.82, 2.24) is 4.98 Å². The predicted molar refractivity (Wildman–Crippen MR) is 82.7 cm³/mol. The molecule has 0 spiro atoms. The van der Waals surface area contributed by atoms with Crippen LogP contribution < -0.4 is 5.32 Å². The molecule has 0 radical (unpaired) electrons. The highest BCUT2D eigenvalue weighted by molar-refractivity contribution is 9.10. The first kappa shape index (κ1) is 15.5. The third-order valence-corrected chi connectivity index (χ3v) is 3.34. The lowest BCUT2D eigenvalue weighted by Gasteiger charge is -2.10. The van der Waals surface area contributed by atoms with E-state index in [-0.39, 0.29) is 5.56 Å². The monoisotopic (exact) mass is 368 g/mol. The van der Waals surface area contributed by atoms with Crippen LogP contribution in [0.3, 0.4) is 0 Å². The second-order valence-electron chi connectivity index (χ2n) is 4.01. The Kier molecular flexibility index (Phi) is 4.93. The largest absolute Gasteiger partial charge is 0.465 e. The van der Waals surface area contributed by atoms with Gasteiger partial charge in [-0.2, -0.15) is 0 Å². The highest BCUT2D eigenvalue weighted by Gasteiger charge is 2.15. The highest BCUT2D eigenvalue weighted by Crippen LogP contribution is 2.22. The van der Waals surface area contributed by atoms with Crippen molar-refractivity contribution in [1.29, 1.82) is 0 Å². The Balaban J connectivity index is 2.28. The summed E-state index contributed by atoms with van der Waals surface area (Å²) in [5.74, 6) is -0.938. The van der Waals surface area contributed by atoms with Crippen molar-refractivity contribution in [2.75, 3.05) is 12.4 Å².